The van der Waals surface area contributed by atoms with E-state index in [0.29, 0.717) is 26.1 Å². The third-order valence-electron chi connectivity index (χ3n) is 11.5. The Balaban J connectivity index is 1.40. The van der Waals surface area contributed by atoms with E-state index >= 15 is 0 Å². The molecule has 1 saturated heterocycles. The summed E-state index contributed by atoms with van der Waals surface area (Å²) in [5, 5.41) is 0. The minimum atomic E-state index is -1.18. The summed E-state index contributed by atoms with van der Waals surface area (Å²) in [6.07, 6.45) is 3.55. The van der Waals surface area contributed by atoms with Crippen molar-refractivity contribution < 1.29 is 23.8 Å². The molecule has 198 valence electrons. The summed E-state index contributed by atoms with van der Waals surface area (Å²) in [5.74, 6) is -0.244. The Morgan fingerprint density at radius 3 is 2.06 bits per heavy atom. The van der Waals surface area contributed by atoms with E-state index in [-0.39, 0.29) is 40.0 Å². The summed E-state index contributed by atoms with van der Waals surface area (Å²) in [4.78, 5) is 26.1. The molecule has 5 heteroatoms. The van der Waals surface area contributed by atoms with Gasteiger partial charge in [-0.15, -0.1) is 0 Å². The maximum absolute atomic E-state index is 13.5. The molecule has 5 unspecified atom stereocenters. The van der Waals surface area contributed by atoms with E-state index in [1.807, 2.05) is 20.8 Å². The zero-order valence-electron chi connectivity index (χ0n) is 23.7. The molecule has 2 bridgehead atoms. The minimum absolute atomic E-state index is 0.132. The van der Waals surface area contributed by atoms with Crippen molar-refractivity contribution in [2.75, 3.05) is 20.3 Å². The van der Waals surface area contributed by atoms with Gasteiger partial charge in [0.25, 0.3) is 0 Å². The Labute approximate surface area is 216 Å². The van der Waals surface area contributed by atoms with Gasteiger partial charge in [0.15, 0.2) is 0 Å². The van der Waals surface area contributed by atoms with Crippen LogP contribution in [0.2, 0.25) is 0 Å². The van der Waals surface area contributed by atoms with E-state index in [4.69, 9.17) is 14.2 Å². The van der Waals surface area contributed by atoms with E-state index in [0.717, 1.165) is 0 Å². The summed E-state index contributed by atoms with van der Waals surface area (Å²) in [6, 6.07) is 7.04. The molecule has 1 aliphatic heterocycles. The number of benzene rings is 1. The molecule has 0 spiro atoms. The normalized spacial score (nSPS) is 38.9. The van der Waals surface area contributed by atoms with Crippen LogP contribution < -0.4 is 0 Å². The zero-order valence-corrected chi connectivity index (χ0v) is 23.7. The number of hydrogen-bond donors (Lipinski definition) is 0. The van der Waals surface area contributed by atoms with E-state index < -0.39 is 16.4 Å². The van der Waals surface area contributed by atoms with Crippen LogP contribution in [-0.4, -0.2) is 37.9 Å². The zero-order chi connectivity index (χ0) is 26.5. The maximum Gasteiger partial charge on any atom is 0.351 e. The molecule has 2 saturated carbocycles. The van der Waals surface area contributed by atoms with Gasteiger partial charge < -0.3 is 14.2 Å². The van der Waals surface area contributed by atoms with Gasteiger partial charge in [-0.2, -0.15) is 0 Å². The first kappa shape index (κ1) is 25.8. The first-order chi connectivity index (χ1) is 16.6. The van der Waals surface area contributed by atoms with E-state index in [1.165, 1.54) is 29.5 Å². The lowest BCUT2D eigenvalue weighted by Crippen LogP contribution is -2.49. The van der Waals surface area contributed by atoms with Crippen LogP contribution in [0.3, 0.4) is 0 Å². The van der Waals surface area contributed by atoms with Gasteiger partial charge >= 0.3 is 11.9 Å². The molecule has 0 radical (unpaired) electrons. The highest BCUT2D eigenvalue weighted by molar-refractivity contribution is 5.93. The smallest absolute Gasteiger partial charge is 0.351 e. The van der Waals surface area contributed by atoms with Gasteiger partial charge in [0.1, 0.15) is 0 Å². The molecule has 1 aromatic carbocycles. The van der Waals surface area contributed by atoms with Crippen molar-refractivity contribution in [1.29, 1.82) is 0 Å². The van der Waals surface area contributed by atoms with Crippen LogP contribution in [-0.2, 0) is 40.0 Å². The summed E-state index contributed by atoms with van der Waals surface area (Å²) < 4.78 is 17.4. The van der Waals surface area contributed by atoms with E-state index in [2.05, 4.69) is 52.8 Å². The standard InChI is InChI=1S/C31H44O5/c1-26(2)12-13-27(3,4)21-16-19(10-11-20(21)26)30(8)22(17-34-9)23(30)18-35-25(33)31-15-14-29(7,24(32)36-31)28(31,5)6/h10-11,16,22-23H,12-15,17-18H2,1-9H3. The summed E-state index contributed by atoms with van der Waals surface area (Å²) in [5.41, 5.74) is 1.97. The first-order valence-electron chi connectivity index (χ1n) is 13.6. The van der Waals surface area contributed by atoms with Crippen LogP contribution in [0.4, 0.5) is 0 Å². The summed E-state index contributed by atoms with van der Waals surface area (Å²) >= 11 is 0. The molecule has 1 aromatic rings. The van der Waals surface area contributed by atoms with Gasteiger partial charge in [-0.25, -0.2) is 4.79 Å². The number of esters is 2. The van der Waals surface area contributed by atoms with Crippen LogP contribution in [0.25, 0.3) is 0 Å². The lowest BCUT2D eigenvalue weighted by atomic mass is 9.62. The van der Waals surface area contributed by atoms with Gasteiger partial charge in [0, 0.05) is 23.9 Å². The second kappa shape index (κ2) is 7.58. The molecule has 5 rings (SSSR count). The maximum atomic E-state index is 13.5. The molecule has 5 atom stereocenters. The lowest BCUT2D eigenvalue weighted by molar-refractivity contribution is -0.183. The molecule has 36 heavy (non-hydrogen) atoms. The topological polar surface area (TPSA) is 61.8 Å². The molecule has 1 heterocycles. The van der Waals surface area contributed by atoms with Crippen molar-refractivity contribution in [3.05, 3.63) is 34.9 Å². The summed E-state index contributed by atoms with van der Waals surface area (Å²) in [7, 11) is 1.74. The van der Waals surface area contributed by atoms with Crippen LogP contribution in [0.5, 0.6) is 0 Å². The first-order valence-corrected chi connectivity index (χ1v) is 13.6. The fourth-order valence-corrected chi connectivity index (χ4v) is 7.79. The molecule has 3 fully saturated rings. The second-order valence-electron chi connectivity index (χ2n) is 14.3. The van der Waals surface area contributed by atoms with Crippen molar-refractivity contribution in [2.45, 2.75) is 103 Å². The number of rotatable bonds is 6. The number of carbonyl (C=O) groups excluding carboxylic acids is 2. The lowest BCUT2D eigenvalue weighted by Gasteiger charge is -2.42. The number of fused-ring (bicyclic) bond motifs is 3. The Hall–Kier alpha value is -1.88. The van der Waals surface area contributed by atoms with Crippen molar-refractivity contribution >= 4 is 11.9 Å². The highest BCUT2D eigenvalue weighted by Gasteiger charge is 2.76. The number of methoxy groups -OCH3 is 1. The van der Waals surface area contributed by atoms with E-state index in [1.54, 1.807) is 7.11 Å². The van der Waals surface area contributed by atoms with Gasteiger partial charge in [-0.3, -0.25) is 4.79 Å². The van der Waals surface area contributed by atoms with Gasteiger partial charge in [0.05, 0.1) is 18.6 Å². The molecule has 0 aromatic heterocycles. The largest absolute Gasteiger partial charge is 0.462 e. The van der Waals surface area contributed by atoms with Gasteiger partial charge in [0.2, 0.25) is 5.60 Å². The third kappa shape index (κ3) is 3.10. The second-order valence-corrected chi connectivity index (χ2v) is 14.3. The fraction of sp³-hybridized carbons (Fsp3) is 0.742. The van der Waals surface area contributed by atoms with Gasteiger partial charge in [-0.05, 0) is 66.0 Å². The number of ether oxygens (including phenoxy) is 3. The predicted molar refractivity (Wildman–Crippen MR) is 139 cm³/mol. The Morgan fingerprint density at radius 1 is 0.889 bits per heavy atom. The van der Waals surface area contributed by atoms with Crippen LogP contribution in [0, 0.1) is 22.7 Å². The monoisotopic (exact) mass is 496 g/mol. The van der Waals surface area contributed by atoms with Crippen molar-refractivity contribution in [1.82, 2.24) is 0 Å². The van der Waals surface area contributed by atoms with Crippen LogP contribution in [0.15, 0.2) is 18.2 Å². The summed E-state index contributed by atoms with van der Waals surface area (Å²) in [6.45, 7) is 18.5. The molecule has 4 aliphatic rings. The third-order valence-corrected chi connectivity index (χ3v) is 11.5. The average molecular weight is 497 g/mol. The molecular formula is C31H44O5. The highest BCUT2D eigenvalue weighted by atomic mass is 16.6. The number of carbonyl (C=O) groups is 2. The van der Waals surface area contributed by atoms with Crippen molar-refractivity contribution in [3.8, 4) is 0 Å². The SMILES string of the molecule is COCC1C(COC(=O)C23CCC(C)(C(=O)O2)C3(C)C)C1(C)c1ccc2c(c1)C(C)(C)CCC2(C)C. The van der Waals surface area contributed by atoms with E-state index in [9.17, 15) is 9.59 Å². The Bertz CT molecular complexity index is 1120. The Kier molecular flexibility index (Phi) is 5.43. The van der Waals surface area contributed by atoms with Crippen LogP contribution >= 0.6 is 0 Å². The predicted octanol–water partition coefficient (Wildman–Crippen LogP) is 5.85. The molecule has 0 N–H and O–H groups in total. The van der Waals surface area contributed by atoms with Crippen molar-refractivity contribution in [3.63, 3.8) is 0 Å². The quantitative estimate of drug-likeness (QED) is 0.462. The fourth-order valence-electron chi connectivity index (χ4n) is 7.79. The molecule has 0 amide bonds. The highest BCUT2D eigenvalue weighted by Crippen LogP contribution is 2.66. The van der Waals surface area contributed by atoms with Gasteiger partial charge in [-0.1, -0.05) is 66.7 Å². The molecule has 5 nitrogen and oxygen atoms in total. The molecule has 3 aliphatic carbocycles. The van der Waals surface area contributed by atoms with Crippen molar-refractivity contribution in [2.24, 2.45) is 22.7 Å². The Morgan fingerprint density at radius 2 is 1.50 bits per heavy atom. The minimum Gasteiger partial charge on any atom is -0.462 e. The van der Waals surface area contributed by atoms with Crippen LogP contribution in [0.1, 0.15) is 97.8 Å². The average Bonchev–Trinajstić information content (AvgIpc) is 3.27. The number of hydrogen-bond acceptors (Lipinski definition) is 5. The molecular weight excluding hydrogens is 452 g/mol.